The Balaban J connectivity index is 0.000000160. The van der Waals surface area contributed by atoms with Crippen molar-refractivity contribution >= 4 is 184 Å². The number of esters is 3. The molecule has 120 heavy (non-hydrogen) atoms. The number of aliphatic hydroxyl groups excluding tert-OH is 1. The van der Waals surface area contributed by atoms with E-state index in [0.717, 1.165) is 103 Å². The second kappa shape index (κ2) is 44.4. The number of nitrogens with one attached hydrogen (secondary N) is 1. The third-order valence-electron chi connectivity index (χ3n) is 16.9. The minimum Gasteiger partial charge on any atom is -0.497 e. The maximum Gasteiger partial charge on any atom is 0.355 e. The molecule has 4 N–H and O–H groups in total. The summed E-state index contributed by atoms with van der Waals surface area (Å²) in [4.78, 5) is 111. The van der Waals surface area contributed by atoms with Gasteiger partial charge < -0.3 is 57.6 Å². The smallest absolute Gasteiger partial charge is 0.355 e. The predicted octanol–water partition coefficient (Wildman–Crippen LogP) is 12.8. The maximum absolute atomic E-state index is 12.9. The molecular formula is C75H77ClN24O14S6. The molecule has 0 spiro atoms. The van der Waals surface area contributed by atoms with Crippen LogP contribution in [0.2, 0.25) is 0 Å². The molecule has 13 aromatic heterocycles. The largest absolute Gasteiger partial charge is 0.497 e. The molecule has 3 aromatic carbocycles. The third-order valence-corrected chi connectivity index (χ3v) is 22.2. The SMILES string of the molecule is CCOC(=O)C(N=[N+]=[N-])C(O)c1cncs1.CCOC(=O)CN=[N+]=[N-].CCOC(=O)c1c(/C=N/N)c2scnc2n1C.COc1cccc(CCl)c1.COc1cccc(Cn2ncc3c4sc(C)nc4n(C)c3c2=O)c1.COc1cccc(Cn2ncc3c4scnc4n(C)c3c2=O)c1.Cn1c2ncsc2c2cn[nH]c(=O)c21.O=Cc1cncs1. The first kappa shape index (κ1) is 90.8. The number of aryl methyl sites for hydroxylation is 5. The average molecular weight is 1770 g/mol. The van der Waals surface area contributed by atoms with Gasteiger partial charge in [0.1, 0.15) is 52.1 Å². The summed E-state index contributed by atoms with van der Waals surface area (Å²) >= 11 is 14.2. The Bertz CT molecular complexity index is 6480. The van der Waals surface area contributed by atoms with Gasteiger partial charge in [0.05, 0.1) is 140 Å². The number of halogens is 1. The molecule has 624 valence electrons. The summed E-state index contributed by atoms with van der Waals surface area (Å²) in [5.41, 5.74) is 33.3. The van der Waals surface area contributed by atoms with Gasteiger partial charge >= 0.3 is 17.9 Å². The second-order valence-corrected chi connectivity index (χ2v) is 30.1. The van der Waals surface area contributed by atoms with Crippen molar-refractivity contribution in [3.05, 3.63) is 226 Å². The van der Waals surface area contributed by atoms with Crippen molar-refractivity contribution in [1.82, 2.24) is 77.9 Å². The number of nitrogens with two attached hydrogens (primary N) is 1. The van der Waals surface area contributed by atoms with Crippen LogP contribution in [0.15, 0.2) is 161 Å². The van der Waals surface area contributed by atoms with Crippen molar-refractivity contribution < 1.29 is 52.7 Å². The minimum atomic E-state index is -1.27. The van der Waals surface area contributed by atoms with E-state index in [1.807, 2.05) is 110 Å². The van der Waals surface area contributed by atoms with E-state index in [-0.39, 0.29) is 29.8 Å². The molecule has 0 fully saturated rings. The van der Waals surface area contributed by atoms with Crippen LogP contribution in [0.1, 0.15) is 79.2 Å². The van der Waals surface area contributed by atoms with E-state index >= 15 is 0 Å². The van der Waals surface area contributed by atoms with Crippen LogP contribution in [0.4, 0.5) is 0 Å². The highest BCUT2D eigenvalue weighted by Crippen LogP contribution is 2.33. The lowest BCUT2D eigenvalue weighted by atomic mass is 10.1. The molecule has 0 aliphatic carbocycles. The molecule has 16 aromatic rings. The number of ether oxygens (including phenoxy) is 6. The topological polar surface area (TPSA) is 492 Å². The Labute approximate surface area is 709 Å². The average Bonchev–Trinajstić information content (AvgIpc) is 1.60. The first-order valence-corrected chi connectivity index (χ1v) is 41.2. The van der Waals surface area contributed by atoms with Crippen LogP contribution < -0.4 is 36.7 Å². The number of aldehydes is 1. The molecular weight excluding hydrogens is 1690 g/mol. The minimum absolute atomic E-state index is 0.110. The quantitative estimate of drug-likeness (QED) is 0.00609. The zero-order chi connectivity index (χ0) is 86.5. The van der Waals surface area contributed by atoms with Gasteiger partial charge in [-0.3, -0.25) is 38.7 Å². The number of thiazole rings is 6. The molecule has 0 aliphatic heterocycles. The summed E-state index contributed by atoms with van der Waals surface area (Å²) in [6, 6.07) is 21.7. The lowest BCUT2D eigenvalue weighted by Crippen LogP contribution is -2.27. The molecule has 2 atom stereocenters. The Morgan fingerprint density at radius 1 is 0.625 bits per heavy atom. The maximum atomic E-state index is 12.9. The highest BCUT2D eigenvalue weighted by molar-refractivity contribution is 7.19. The number of hydrazone groups is 1. The van der Waals surface area contributed by atoms with Crippen molar-refractivity contribution in [1.29, 1.82) is 0 Å². The Hall–Kier alpha value is -13.2. The molecule has 0 saturated carbocycles. The number of nitrogens with zero attached hydrogens (tertiary/aromatic N) is 22. The molecule has 13 heterocycles. The molecule has 0 radical (unpaired) electrons. The summed E-state index contributed by atoms with van der Waals surface area (Å²) < 4.78 is 43.7. The number of rotatable bonds is 20. The number of H-pyrrole nitrogens is 1. The van der Waals surface area contributed by atoms with Gasteiger partial charge in [0, 0.05) is 78.0 Å². The van der Waals surface area contributed by atoms with Gasteiger partial charge in [-0.05, 0) is 91.8 Å². The monoisotopic (exact) mass is 1760 g/mol. The highest BCUT2D eigenvalue weighted by Gasteiger charge is 2.30. The van der Waals surface area contributed by atoms with E-state index in [1.54, 1.807) is 110 Å². The fourth-order valence-corrected chi connectivity index (χ4v) is 16.2. The van der Waals surface area contributed by atoms with E-state index in [1.165, 1.54) is 90.2 Å². The Morgan fingerprint density at radius 2 is 1.13 bits per heavy atom. The van der Waals surface area contributed by atoms with E-state index < -0.39 is 30.1 Å². The van der Waals surface area contributed by atoms with Crippen LogP contribution in [0, 0.1) is 6.92 Å². The van der Waals surface area contributed by atoms with Crippen molar-refractivity contribution in [2.45, 2.75) is 58.8 Å². The van der Waals surface area contributed by atoms with Gasteiger partial charge in [-0.2, -0.15) is 20.4 Å². The summed E-state index contributed by atoms with van der Waals surface area (Å²) in [7, 11) is 12.2. The number of aromatic amines is 1. The number of azide groups is 2. The van der Waals surface area contributed by atoms with Crippen LogP contribution in [-0.4, -0.2) is 167 Å². The van der Waals surface area contributed by atoms with Gasteiger partial charge in [0.15, 0.2) is 34.9 Å². The summed E-state index contributed by atoms with van der Waals surface area (Å²) in [6.45, 7) is 8.43. The van der Waals surface area contributed by atoms with Gasteiger partial charge in [-0.25, -0.2) is 39.2 Å². The zero-order valence-corrected chi connectivity index (χ0v) is 71.6. The van der Waals surface area contributed by atoms with Crippen molar-refractivity contribution in [2.24, 2.45) is 49.4 Å². The number of carbonyl (C=O) groups excluding carboxylic acids is 4. The fourth-order valence-electron chi connectivity index (χ4n) is 11.5. The van der Waals surface area contributed by atoms with Crippen LogP contribution in [-0.2, 0) is 71.0 Å². The van der Waals surface area contributed by atoms with Crippen molar-refractivity contribution in [2.75, 3.05) is 47.7 Å². The molecule has 0 saturated heterocycles. The Kier molecular flexibility index (Phi) is 33.6. The number of carbonyl (C=O) groups is 4. The summed E-state index contributed by atoms with van der Waals surface area (Å²) in [5, 5.41) is 38.0. The highest BCUT2D eigenvalue weighted by atomic mass is 35.5. The number of aliphatic hydroxyl groups is 1. The lowest BCUT2D eigenvalue weighted by Gasteiger charge is -2.14. The zero-order valence-electron chi connectivity index (χ0n) is 66.0. The first-order chi connectivity index (χ1) is 58.1. The first-order valence-electron chi connectivity index (χ1n) is 35.5. The van der Waals surface area contributed by atoms with Crippen LogP contribution in [0.25, 0.3) is 95.0 Å². The molecule has 2 unspecified atom stereocenters. The van der Waals surface area contributed by atoms with Crippen LogP contribution in [0.5, 0.6) is 17.2 Å². The summed E-state index contributed by atoms with van der Waals surface area (Å²) in [6.07, 6.45) is 9.14. The van der Waals surface area contributed by atoms with Crippen molar-refractivity contribution in [3.63, 3.8) is 0 Å². The summed E-state index contributed by atoms with van der Waals surface area (Å²) in [5.74, 6) is 6.46. The molecule has 0 bridgehead atoms. The normalized spacial score (nSPS) is 11.1. The van der Waals surface area contributed by atoms with E-state index in [0.29, 0.717) is 69.7 Å². The van der Waals surface area contributed by atoms with E-state index in [4.69, 9.17) is 52.2 Å². The fraction of sp³-hybridized carbons (Fsp3) is 0.267. The number of fused-ring (bicyclic) bond motifs is 10. The Morgan fingerprint density at radius 3 is 1.62 bits per heavy atom. The number of aromatic nitrogens is 16. The van der Waals surface area contributed by atoms with E-state index in [9.17, 15) is 38.7 Å². The molecule has 0 amide bonds. The van der Waals surface area contributed by atoms with Gasteiger partial charge in [0.2, 0.25) is 0 Å². The molecule has 45 heteroatoms. The third kappa shape index (κ3) is 22.2. The number of hydrogen-bond acceptors (Lipinski definition) is 33. The molecule has 38 nitrogen and oxygen atoms in total. The second-order valence-electron chi connectivity index (χ2n) is 24.3. The number of benzene rings is 3. The van der Waals surface area contributed by atoms with Crippen LogP contribution >= 0.6 is 79.6 Å². The van der Waals surface area contributed by atoms with Gasteiger partial charge in [-0.1, -0.05) is 46.6 Å². The number of hydrogen-bond donors (Lipinski definition) is 3. The van der Waals surface area contributed by atoms with Crippen LogP contribution in [0.3, 0.4) is 0 Å². The van der Waals surface area contributed by atoms with Crippen molar-refractivity contribution in [3.8, 4) is 17.2 Å². The molecule has 16 rings (SSSR count). The standard InChI is InChI=1S/C17H16N4O2S.C16H14N4O2S.C10H12N4O2S.C8H9ClO.C8H10N4O3S.C8H6N4OS.C4H7N3O2.C4H3NOS/c1-10-19-16-15(24-10)13-8-18-21(17(22)14(13)20(16)2)9-11-5-4-6-12(7-11)23-3;1-19-13-12(14-15(19)17-9-23-14)7-18-20(16(13)21)8-10-4-3-5-11(6-10)22-2;1-3-16-10(15)7-6(4-13-11)8-9(14(7)2)12-5-17-8;1-10-8-4-2-3-7(5-8)6-9;1-2-15-8(14)6(11-12-9)7(13)5-3-10-4-16-5;1-12-5-4(2-10-11-8(5)13)6-7(12)9-3-14-6;1-2-9-4(8)3-6-7-5;6-2-4-1-5-3-7-4/h4-8H,9H2,1-3H3;3-7,9H,8H2,1-2H3;4-5H,3,11H2,1-2H3;2-5H,6H2,1H3;3-4,6-7,13H,2H2,1H3;2-3H,1H3,(H,11,13);2-3H2,1H3;1-3H/b;;13-4+;;;;;. The predicted molar refractivity (Wildman–Crippen MR) is 463 cm³/mol. The van der Waals surface area contributed by atoms with E-state index in [2.05, 4.69) is 80.2 Å². The van der Waals surface area contributed by atoms with Gasteiger partial charge in [0.25, 0.3) is 16.7 Å². The lowest BCUT2D eigenvalue weighted by molar-refractivity contribution is -0.147. The number of methoxy groups -OCH3 is 3. The molecule has 0 aliphatic rings. The van der Waals surface area contributed by atoms with Gasteiger partial charge in [-0.15, -0.1) is 79.6 Å². The number of alkyl halides is 1.